The fourth-order valence-electron chi connectivity index (χ4n) is 1.98. The number of imidazole rings is 1. The molecule has 6 N–H and O–H groups in total. The summed E-state index contributed by atoms with van der Waals surface area (Å²) in [5.41, 5.74) is 5.79. The number of carbonyl (C=O) groups excluding carboxylic acids is 2. The summed E-state index contributed by atoms with van der Waals surface area (Å²) >= 11 is 0. The number of hydrogen-bond donors (Lipinski definition) is 5. The highest BCUT2D eigenvalue weighted by atomic mass is 31.3. The number of hydrogen-bond acceptors (Lipinski definition) is 13. The molecule has 18 nitrogen and oxygen atoms in total. The summed E-state index contributed by atoms with van der Waals surface area (Å²) in [4.78, 5) is 69.4. The molecule has 4 atom stereocenters. The average Bonchev–Trinajstić information content (AvgIpc) is 3.04. The largest absolute Gasteiger partial charge is 0.490 e. The second-order valence-corrected chi connectivity index (χ2v) is 9.73. The highest BCUT2D eigenvalue weighted by Gasteiger charge is 2.41. The molecule has 21 heteroatoms. The molecule has 2 rings (SSSR count). The van der Waals surface area contributed by atoms with E-state index < -0.39 is 42.4 Å². The SMILES string of the molecule is Nc1ncnc2c1ncn2[C@H](C=O)O[C@H](C=O)COP(=O)(O)OP(=O)(O)OP(=O)(O)O. The van der Waals surface area contributed by atoms with Gasteiger partial charge in [-0.25, -0.2) is 28.6 Å². The molecule has 2 aromatic rings. The van der Waals surface area contributed by atoms with E-state index in [1.807, 2.05) is 0 Å². The van der Waals surface area contributed by atoms with Gasteiger partial charge in [0.2, 0.25) is 0 Å². The number of nitrogen functional groups attached to an aromatic ring is 1. The molecule has 0 bridgehead atoms. The van der Waals surface area contributed by atoms with Gasteiger partial charge in [0.1, 0.15) is 17.9 Å². The molecule has 0 fully saturated rings. The molecule has 0 aromatic carbocycles. The third kappa shape index (κ3) is 7.31. The van der Waals surface area contributed by atoms with Crippen LogP contribution in [0.1, 0.15) is 6.23 Å². The molecule has 0 aliphatic rings. The van der Waals surface area contributed by atoms with E-state index in [9.17, 15) is 28.2 Å². The Morgan fingerprint density at radius 2 is 1.71 bits per heavy atom. The fourth-order valence-corrected chi connectivity index (χ4v) is 5.01. The number of rotatable bonds is 12. The van der Waals surface area contributed by atoms with E-state index in [-0.39, 0.29) is 29.6 Å². The molecule has 2 heterocycles. The lowest BCUT2D eigenvalue weighted by Gasteiger charge is -2.20. The molecular weight excluding hydrogens is 491 g/mol. The standard InChI is InChI=1S/C10H14N5O13P3/c11-9-8-10(13-4-12-9)15(5-14-8)7(2-17)26-6(1-16)3-25-30(21,22)28-31(23,24)27-29(18,19)20/h1-2,4-7H,3H2,(H,21,22)(H,23,24)(H2,11,12,13)(H2,18,19,20)/t6-,7+/m1/s1. The van der Waals surface area contributed by atoms with Crippen molar-refractivity contribution in [3.8, 4) is 0 Å². The zero-order valence-corrected chi connectivity index (χ0v) is 17.5. The third-order valence-corrected chi connectivity index (χ3v) is 6.86. The summed E-state index contributed by atoms with van der Waals surface area (Å²) in [6.07, 6.45) is -0.802. The van der Waals surface area contributed by atoms with Crippen LogP contribution in [-0.2, 0) is 41.2 Å². The summed E-state index contributed by atoms with van der Waals surface area (Å²) in [5, 5.41) is 0. The van der Waals surface area contributed by atoms with Crippen LogP contribution in [0.25, 0.3) is 11.2 Å². The van der Waals surface area contributed by atoms with Crippen LogP contribution in [0, 0.1) is 0 Å². The monoisotopic (exact) mass is 505 g/mol. The number of phosphoric ester groups is 1. The molecule has 0 saturated heterocycles. The van der Waals surface area contributed by atoms with Gasteiger partial charge in [-0.15, -0.1) is 0 Å². The summed E-state index contributed by atoms with van der Waals surface area (Å²) < 4.78 is 51.0. The predicted octanol–water partition coefficient (Wildman–Crippen LogP) is -0.967. The van der Waals surface area contributed by atoms with Gasteiger partial charge >= 0.3 is 23.5 Å². The maximum atomic E-state index is 11.7. The molecule has 2 aromatic heterocycles. The van der Waals surface area contributed by atoms with E-state index in [1.165, 1.54) is 0 Å². The first-order valence-electron chi connectivity index (χ1n) is 7.54. The van der Waals surface area contributed by atoms with E-state index in [4.69, 9.17) is 25.2 Å². The zero-order chi connectivity index (χ0) is 23.4. The van der Waals surface area contributed by atoms with Crippen LogP contribution in [0.3, 0.4) is 0 Å². The molecule has 31 heavy (non-hydrogen) atoms. The Bertz CT molecular complexity index is 1100. The van der Waals surface area contributed by atoms with Crippen molar-refractivity contribution < 1.29 is 60.7 Å². The third-order valence-electron chi connectivity index (χ3n) is 3.06. The zero-order valence-electron chi connectivity index (χ0n) is 14.8. The van der Waals surface area contributed by atoms with Crippen molar-refractivity contribution in [1.29, 1.82) is 0 Å². The van der Waals surface area contributed by atoms with E-state index >= 15 is 0 Å². The maximum Gasteiger partial charge on any atom is 0.490 e. The van der Waals surface area contributed by atoms with Crippen LogP contribution in [0.5, 0.6) is 0 Å². The van der Waals surface area contributed by atoms with Gasteiger partial charge in [-0.2, -0.15) is 8.62 Å². The molecule has 0 aliphatic heterocycles. The number of ether oxygens (including phenoxy) is 1. The van der Waals surface area contributed by atoms with Crippen molar-refractivity contribution in [3.63, 3.8) is 0 Å². The van der Waals surface area contributed by atoms with Gasteiger partial charge in [0, 0.05) is 0 Å². The average molecular weight is 505 g/mol. The number of anilines is 1. The van der Waals surface area contributed by atoms with Gasteiger partial charge in [0.15, 0.2) is 30.3 Å². The first kappa shape index (κ1) is 25.3. The second-order valence-electron chi connectivity index (χ2n) is 5.31. The number of carbonyl (C=O) groups is 2. The second kappa shape index (κ2) is 9.68. The van der Waals surface area contributed by atoms with Crippen LogP contribution in [0.2, 0.25) is 0 Å². The van der Waals surface area contributed by atoms with E-state index in [0.717, 1.165) is 17.2 Å². The lowest BCUT2D eigenvalue weighted by Crippen LogP contribution is -2.27. The number of nitrogens with zero attached hydrogens (tertiary/aromatic N) is 4. The first-order valence-corrected chi connectivity index (χ1v) is 12.1. The lowest BCUT2D eigenvalue weighted by molar-refractivity contribution is -0.139. The highest BCUT2D eigenvalue weighted by molar-refractivity contribution is 7.66. The molecule has 0 radical (unpaired) electrons. The highest BCUT2D eigenvalue weighted by Crippen LogP contribution is 2.66. The van der Waals surface area contributed by atoms with Gasteiger partial charge in [-0.1, -0.05) is 0 Å². The van der Waals surface area contributed by atoms with Crippen LogP contribution >= 0.6 is 23.5 Å². The normalized spacial score (nSPS) is 18.1. The minimum absolute atomic E-state index is 0.00649. The Hall–Kier alpha value is -1.94. The predicted molar refractivity (Wildman–Crippen MR) is 95.6 cm³/mol. The molecule has 2 unspecified atom stereocenters. The van der Waals surface area contributed by atoms with Gasteiger partial charge in [-0.05, 0) is 0 Å². The van der Waals surface area contributed by atoms with E-state index in [2.05, 4.69) is 28.1 Å². The minimum Gasteiger partial charge on any atom is -0.382 e. The Morgan fingerprint density at radius 1 is 1.03 bits per heavy atom. The van der Waals surface area contributed by atoms with Gasteiger partial charge in [0.25, 0.3) is 0 Å². The maximum absolute atomic E-state index is 11.7. The Labute approximate surface area is 171 Å². The summed E-state index contributed by atoms with van der Waals surface area (Å²) in [6.45, 7) is -1.10. The van der Waals surface area contributed by atoms with Gasteiger partial charge in [0.05, 0.1) is 12.9 Å². The van der Waals surface area contributed by atoms with Crippen molar-refractivity contribution in [2.45, 2.75) is 12.3 Å². The molecule has 0 saturated carbocycles. The van der Waals surface area contributed by atoms with Crippen LogP contribution < -0.4 is 5.73 Å². The quantitative estimate of drug-likeness (QED) is 0.171. The lowest BCUT2D eigenvalue weighted by atomic mass is 10.4. The Balaban J connectivity index is 2.08. The molecular formula is C10H14N5O13P3. The first-order chi connectivity index (χ1) is 14.3. The fraction of sp³-hybridized carbons (Fsp3) is 0.300. The van der Waals surface area contributed by atoms with Crippen molar-refractivity contribution in [3.05, 3.63) is 12.7 Å². The minimum atomic E-state index is -5.73. The number of fused-ring (bicyclic) bond motifs is 1. The molecule has 172 valence electrons. The molecule has 0 aliphatic carbocycles. The van der Waals surface area contributed by atoms with Gasteiger partial charge in [-0.3, -0.25) is 13.9 Å². The Morgan fingerprint density at radius 3 is 2.29 bits per heavy atom. The summed E-state index contributed by atoms with van der Waals surface area (Å²) in [6, 6.07) is 0. The number of aldehydes is 2. The van der Waals surface area contributed by atoms with Crippen molar-refractivity contribution >= 4 is 53.0 Å². The number of phosphoric acid groups is 3. The van der Waals surface area contributed by atoms with Crippen molar-refractivity contribution in [2.75, 3.05) is 12.3 Å². The van der Waals surface area contributed by atoms with Crippen molar-refractivity contribution in [1.82, 2.24) is 19.5 Å². The van der Waals surface area contributed by atoms with Crippen LogP contribution in [-0.4, -0.2) is 64.4 Å². The molecule has 0 amide bonds. The van der Waals surface area contributed by atoms with Crippen LogP contribution in [0.15, 0.2) is 12.7 Å². The topological polar surface area (TPSA) is 273 Å². The smallest absolute Gasteiger partial charge is 0.382 e. The molecule has 0 spiro atoms. The number of aromatic nitrogens is 4. The number of nitrogens with two attached hydrogens (primary N) is 1. The van der Waals surface area contributed by atoms with Crippen LogP contribution in [0.4, 0.5) is 5.82 Å². The van der Waals surface area contributed by atoms with Crippen molar-refractivity contribution in [2.24, 2.45) is 0 Å². The van der Waals surface area contributed by atoms with E-state index in [1.54, 1.807) is 0 Å². The summed E-state index contributed by atoms with van der Waals surface area (Å²) in [5.74, 6) is -0.00649. The van der Waals surface area contributed by atoms with E-state index in [0.29, 0.717) is 0 Å². The summed E-state index contributed by atoms with van der Waals surface area (Å²) in [7, 11) is -16.8. The Kier molecular flexibility index (Phi) is 7.91. The van der Waals surface area contributed by atoms with Gasteiger partial charge < -0.3 is 34.8 Å².